The Balaban J connectivity index is 1.83. The number of hydrogen-bond acceptors (Lipinski definition) is 4. The molecule has 3 aromatic heterocycles. The maximum absolute atomic E-state index is 13.4. The first kappa shape index (κ1) is 18.1. The number of benzene rings is 2. The zero-order chi connectivity index (χ0) is 20.1. The lowest BCUT2D eigenvalue weighted by molar-refractivity contribution is 0.720. The maximum atomic E-state index is 13.4. The molecule has 5 nitrogen and oxygen atoms in total. The third-order valence-corrected chi connectivity index (χ3v) is 6.77. The molecule has 0 spiro atoms. The summed E-state index contributed by atoms with van der Waals surface area (Å²) in [6, 6.07) is 17.3. The van der Waals surface area contributed by atoms with Gasteiger partial charge < -0.3 is 0 Å². The predicted octanol–water partition coefficient (Wildman–Crippen LogP) is 5.09. The summed E-state index contributed by atoms with van der Waals surface area (Å²) < 4.78 is 3.17. The highest BCUT2D eigenvalue weighted by atomic mass is 35.5. The third kappa shape index (κ3) is 2.87. The fraction of sp³-hybridized carbons (Fsp3) is 0.136. The monoisotopic (exact) mass is 420 g/mol. The van der Waals surface area contributed by atoms with E-state index >= 15 is 0 Å². The van der Waals surface area contributed by atoms with Crippen LogP contribution in [0.2, 0.25) is 5.02 Å². The van der Waals surface area contributed by atoms with E-state index in [0.717, 1.165) is 31.8 Å². The van der Waals surface area contributed by atoms with Crippen LogP contribution in [0.3, 0.4) is 0 Å². The third-order valence-electron chi connectivity index (χ3n) is 5.17. The lowest BCUT2D eigenvalue weighted by Crippen LogP contribution is -2.28. The first-order chi connectivity index (χ1) is 14.0. The largest absolute Gasteiger partial charge is 0.352 e. The van der Waals surface area contributed by atoms with E-state index in [0.29, 0.717) is 23.0 Å². The van der Waals surface area contributed by atoms with Crippen molar-refractivity contribution in [1.82, 2.24) is 19.2 Å². The molecule has 29 heavy (non-hydrogen) atoms. The minimum atomic E-state index is -0.219. The molecule has 0 amide bonds. The van der Waals surface area contributed by atoms with Gasteiger partial charge in [0.25, 0.3) is 0 Å². The van der Waals surface area contributed by atoms with Crippen LogP contribution in [0.15, 0.2) is 59.4 Å². The second-order valence-electron chi connectivity index (χ2n) is 6.96. The van der Waals surface area contributed by atoms with E-state index in [4.69, 9.17) is 16.6 Å². The van der Waals surface area contributed by atoms with Crippen molar-refractivity contribution in [2.75, 3.05) is 0 Å². The summed E-state index contributed by atoms with van der Waals surface area (Å²) in [5, 5.41) is 6.16. The zero-order valence-electron chi connectivity index (χ0n) is 15.9. The highest BCUT2D eigenvalue weighted by molar-refractivity contribution is 7.19. The van der Waals surface area contributed by atoms with Gasteiger partial charge in [-0.3, -0.25) is 4.57 Å². The summed E-state index contributed by atoms with van der Waals surface area (Å²) in [6.45, 7) is 4.51. The molecule has 3 heterocycles. The number of nitrogens with zero attached hydrogens (tertiary/aromatic N) is 4. The second kappa shape index (κ2) is 6.83. The average Bonchev–Trinajstić information content (AvgIpc) is 3.29. The fourth-order valence-corrected chi connectivity index (χ4v) is 4.86. The number of aromatic nitrogens is 4. The van der Waals surface area contributed by atoms with Crippen LogP contribution >= 0.6 is 22.9 Å². The Morgan fingerprint density at radius 1 is 1.03 bits per heavy atom. The number of thiophene rings is 1. The zero-order valence-corrected chi connectivity index (χ0v) is 17.5. The summed E-state index contributed by atoms with van der Waals surface area (Å²) in [5.74, 6) is 0.544. The van der Waals surface area contributed by atoms with Gasteiger partial charge in [0, 0.05) is 15.5 Å². The van der Waals surface area contributed by atoms with Crippen LogP contribution in [0.25, 0.3) is 27.3 Å². The van der Waals surface area contributed by atoms with Gasteiger partial charge in [-0.1, -0.05) is 60.1 Å². The summed E-state index contributed by atoms with van der Waals surface area (Å²) in [4.78, 5) is 20.2. The van der Waals surface area contributed by atoms with Crippen LogP contribution in [-0.2, 0) is 6.54 Å². The van der Waals surface area contributed by atoms with Crippen LogP contribution in [0.4, 0.5) is 0 Å². The molecule has 5 aromatic rings. The lowest BCUT2D eigenvalue weighted by atomic mass is 10.2. The van der Waals surface area contributed by atoms with E-state index < -0.39 is 0 Å². The Morgan fingerprint density at radius 2 is 1.76 bits per heavy atom. The second-order valence-corrected chi connectivity index (χ2v) is 8.57. The SMILES string of the molecule is Cc1sc2c(c1C)c1nc(-c3ccccc3)nn1c(=O)n2Cc1ccccc1Cl. The van der Waals surface area contributed by atoms with E-state index in [1.54, 1.807) is 15.9 Å². The Morgan fingerprint density at radius 3 is 2.52 bits per heavy atom. The Bertz CT molecular complexity index is 1430. The molecule has 0 N–H and O–H groups in total. The van der Waals surface area contributed by atoms with E-state index in [2.05, 4.69) is 18.9 Å². The van der Waals surface area contributed by atoms with E-state index in [-0.39, 0.29) is 5.69 Å². The van der Waals surface area contributed by atoms with Crippen molar-refractivity contribution < 1.29 is 0 Å². The van der Waals surface area contributed by atoms with Gasteiger partial charge in [-0.05, 0) is 31.0 Å². The topological polar surface area (TPSA) is 52.2 Å². The van der Waals surface area contributed by atoms with Gasteiger partial charge in [-0.15, -0.1) is 16.4 Å². The van der Waals surface area contributed by atoms with Crippen molar-refractivity contribution >= 4 is 38.8 Å². The molecule has 0 saturated heterocycles. The summed E-state index contributed by atoms with van der Waals surface area (Å²) in [6.07, 6.45) is 0. The van der Waals surface area contributed by atoms with Gasteiger partial charge in [0.2, 0.25) is 0 Å². The van der Waals surface area contributed by atoms with Crippen LogP contribution < -0.4 is 5.69 Å². The standard InChI is InChI=1S/C22H17ClN4OS/c1-13-14(2)29-21-18(13)20-24-19(15-8-4-3-5-9-15)25-27(20)22(28)26(21)12-16-10-6-7-11-17(16)23/h3-11H,12H2,1-2H3. The van der Waals surface area contributed by atoms with E-state index in [9.17, 15) is 4.79 Å². The van der Waals surface area contributed by atoms with Crippen molar-refractivity contribution in [2.45, 2.75) is 20.4 Å². The molecule has 0 saturated carbocycles. The molecular formula is C22H17ClN4OS. The van der Waals surface area contributed by atoms with Crippen LogP contribution in [0, 0.1) is 13.8 Å². The minimum Gasteiger partial charge on any atom is -0.278 e. The molecule has 0 bridgehead atoms. The molecule has 0 aliphatic rings. The number of fused-ring (bicyclic) bond motifs is 3. The van der Waals surface area contributed by atoms with Crippen LogP contribution in [0.5, 0.6) is 0 Å². The quantitative estimate of drug-likeness (QED) is 0.408. The minimum absolute atomic E-state index is 0.219. The molecular weight excluding hydrogens is 404 g/mol. The molecule has 7 heteroatoms. The molecule has 0 radical (unpaired) electrons. The Hall–Kier alpha value is -2.96. The van der Waals surface area contributed by atoms with Gasteiger partial charge in [-0.2, -0.15) is 4.52 Å². The van der Waals surface area contributed by atoms with Crippen LogP contribution in [-0.4, -0.2) is 19.2 Å². The summed E-state index contributed by atoms with van der Waals surface area (Å²) >= 11 is 7.97. The summed E-state index contributed by atoms with van der Waals surface area (Å²) in [7, 11) is 0. The van der Waals surface area contributed by atoms with Gasteiger partial charge in [0.1, 0.15) is 4.83 Å². The number of aryl methyl sites for hydroxylation is 2. The first-order valence-corrected chi connectivity index (χ1v) is 10.4. The highest BCUT2D eigenvalue weighted by Crippen LogP contribution is 2.33. The van der Waals surface area contributed by atoms with E-state index in [1.165, 1.54) is 4.52 Å². The lowest BCUT2D eigenvalue weighted by Gasteiger charge is -2.10. The first-order valence-electron chi connectivity index (χ1n) is 9.22. The molecule has 0 aliphatic carbocycles. The Labute approximate surface area is 175 Å². The smallest absolute Gasteiger partial charge is 0.278 e. The number of hydrogen-bond donors (Lipinski definition) is 0. The maximum Gasteiger partial charge on any atom is 0.352 e. The van der Waals surface area contributed by atoms with Crippen molar-refractivity contribution in [3.8, 4) is 11.4 Å². The molecule has 0 unspecified atom stereocenters. The molecule has 0 atom stereocenters. The molecule has 0 aliphatic heterocycles. The van der Waals surface area contributed by atoms with Gasteiger partial charge in [-0.25, -0.2) is 9.78 Å². The molecule has 2 aromatic carbocycles. The normalized spacial score (nSPS) is 11.6. The van der Waals surface area contributed by atoms with E-state index in [1.807, 2.05) is 54.6 Å². The van der Waals surface area contributed by atoms with Crippen molar-refractivity contribution in [2.24, 2.45) is 0 Å². The van der Waals surface area contributed by atoms with Crippen LogP contribution in [0.1, 0.15) is 16.0 Å². The average molecular weight is 421 g/mol. The van der Waals surface area contributed by atoms with Crippen molar-refractivity contribution in [3.05, 3.63) is 86.1 Å². The fourth-order valence-electron chi connectivity index (χ4n) is 3.52. The Kier molecular flexibility index (Phi) is 4.26. The molecule has 5 rings (SSSR count). The van der Waals surface area contributed by atoms with Gasteiger partial charge in [0.15, 0.2) is 11.5 Å². The number of halogens is 1. The number of rotatable bonds is 3. The molecule has 0 fully saturated rings. The predicted molar refractivity (Wildman–Crippen MR) is 118 cm³/mol. The van der Waals surface area contributed by atoms with Crippen molar-refractivity contribution in [1.29, 1.82) is 0 Å². The van der Waals surface area contributed by atoms with Crippen molar-refractivity contribution in [3.63, 3.8) is 0 Å². The molecule has 144 valence electrons. The summed E-state index contributed by atoms with van der Waals surface area (Å²) in [5.41, 5.74) is 3.27. The van der Waals surface area contributed by atoms with Gasteiger partial charge in [0.05, 0.1) is 11.9 Å². The van der Waals surface area contributed by atoms with Gasteiger partial charge >= 0.3 is 5.69 Å². The highest BCUT2D eigenvalue weighted by Gasteiger charge is 2.20.